The Kier molecular flexibility index (Phi) is 3.55. The number of hydrogen-bond acceptors (Lipinski definition) is 3. The molecule has 0 saturated heterocycles. The molecule has 0 bridgehead atoms. The number of nitrogens with zero attached hydrogens (tertiary/aromatic N) is 3. The molecule has 0 aliphatic heterocycles. The van der Waals surface area contributed by atoms with Gasteiger partial charge in [0.25, 0.3) is 0 Å². The fraction of sp³-hybridized carbons (Fsp3) is 0.273. The average Bonchev–Trinajstić information content (AvgIpc) is 2.70. The van der Waals surface area contributed by atoms with Gasteiger partial charge in [-0.1, -0.05) is 17.3 Å². The molecule has 4 nitrogen and oxygen atoms in total. The molecular formula is C11H13IN4. The number of nitrogens with two attached hydrogens (primary N) is 1. The third-order valence-electron chi connectivity index (χ3n) is 2.28. The normalized spacial score (nSPS) is 12.7. The Bertz CT molecular complexity index is 461. The average molecular weight is 328 g/mol. The monoisotopic (exact) mass is 328 g/mol. The highest BCUT2D eigenvalue weighted by Gasteiger charge is 2.05. The molecule has 16 heavy (non-hydrogen) atoms. The van der Waals surface area contributed by atoms with Gasteiger partial charge in [0.1, 0.15) is 0 Å². The van der Waals surface area contributed by atoms with Gasteiger partial charge in [0, 0.05) is 9.61 Å². The molecule has 84 valence electrons. The molecule has 0 spiro atoms. The fourth-order valence-corrected chi connectivity index (χ4v) is 1.74. The molecule has 5 heteroatoms. The van der Waals surface area contributed by atoms with Crippen molar-refractivity contribution in [1.29, 1.82) is 0 Å². The van der Waals surface area contributed by atoms with E-state index in [4.69, 9.17) is 5.73 Å². The van der Waals surface area contributed by atoms with Crippen LogP contribution in [0.1, 0.15) is 24.2 Å². The Balaban J connectivity index is 2.11. The minimum absolute atomic E-state index is 0.0644. The predicted octanol–water partition coefficient (Wildman–Crippen LogP) is 1.95. The molecular weight excluding hydrogens is 315 g/mol. The van der Waals surface area contributed by atoms with E-state index in [2.05, 4.69) is 57.2 Å². The van der Waals surface area contributed by atoms with Crippen LogP contribution >= 0.6 is 22.6 Å². The first-order chi connectivity index (χ1) is 7.65. The van der Waals surface area contributed by atoms with Crippen molar-refractivity contribution in [2.45, 2.75) is 19.5 Å². The van der Waals surface area contributed by atoms with Crippen molar-refractivity contribution in [3.63, 3.8) is 0 Å². The van der Waals surface area contributed by atoms with E-state index in [0.29, 0.717) is 0 Å². The van der Waals surface area contributed by atoms with Crippen LogP contribution in [0.25, 0.3) is 0 Å². The van der Waals surface area contributed by atoms with E-state index in [1.54, 1.807) is 4.68 Å². The van der Waals surface area contributed by atoms with E-state index in [0.717, 1.165) is 12.2 Å². The molecule has 0 aliphatic carbocycles. The van der Waals surface area contributed by atoms with Gasteiger partial charge in [-0.15, -0.1) is 5.10 Å². The minimum atomic E-state index is -0.0644. The van der Waals surface area contributed by atoms with Crippen molar-refractivity contribution in [1.82, 2.24) is 15.0 Å². The third kappa shape index (κ3) is 2.79. The maximum Gasteiger partial charge on any atom is 0.0991 e. The molecule has 1 heterocycles. The van der Waals surface area contributed by atoms with Crippen LogP contribution in [0, 0.1) is 3.57 Å². The quantitative estimate of drug-likeness (QED) is 0.877. The van der Waals surface area contributed by atoms with Crippen LogP contribution in [0.15, 0.2) is 30.5 Å². The molecule has 0 aliphatic rings. The van der Waals surface area contributed by atoms with Crippen LogP contribution in [0.5, 0.6) is 0 Å². The first-order valence-electron chi connectivity index (χ1n) is 5.05. The van der Waals surface area contributed by atoms with Crippen molar-refractivity contribution in [3.05, 3.63) is 45.3 Å². The van der Waals surface area contributed by atoms with Gasteiger partial charge in [-0.2, -0.15) is 0 Å². The Morgan fingerprint density at radius 1 is 1.38 bits per heavy atom. The first kappa shape index (κ1) is 11.5. The van der Waals surface area contributed by atoms with Gasteiger partial charge in [0.2, 0.25) is 0 Å². The molecule has 0 amide bonds. The predicted molar refractivity (Wildman–Crippen MR) is 70.9 cm³/mol. The van der Waals surface area contributed by atoms with Gasteiger partial charge in [-0.05, 0) is 47.2 Å². The van der Waals surface area contributed by atoms with E-state index >= 15 is 0 Å². The van der Waals surface area contributed by atoms with Gasteiger partial charge in [-0.3, -0.25) is 0 Å². The highest BCUT2D eigenvalue weighted by molar-refractivity contribution is 14.1. The molecule has 1 aromatic heterocycles. The largest absolute Gasteiger partial charge is 0.323 e. The highest BCUT2D eigenvalue weighted by Crippen LogP contribution is 2.09. The van der Waals surface area contributed by atoms with Gasteiger partial charge < -0.3 is 5.73 Å². The van der Waals surface area contributed by atoms with Gasteiger partial charge in [-0.25, -0.2) is 4.68 Å². The summed E-state index contributed by atoms with van der Waals surface area (Å²) in [5.74, 6) is 0. The molecule has 1 aromatic carbocycles. The third-order valence-corrected chi connectivity index (χ3v) is 3.00. The number of halogens is 1. The van der Waals surface area contributed by atoms with Crippen LogP contribution in [0.2, 0.25) is 0 Å². The number of hydrogen-bond donors (Lipinski definition) is 1. The van der Waals surface area contributed by atoms with E-state index < -0.39 is 0 Å². The summed E-state index contributed by atoms with van der Waals surface area (Å²) in [4.78, 5) is 0. The summed E-state index contributed by atoms with van der Waals surface area (Å²) in [5.41, 5.74) is 7.76. The molecule has 2 N–H and O–H groups in total. The van der Waals surface area contributed by atoms with Crippen LogP contribution in [0.4, 0.5) is 0 Å². The Hall–Kier alpha value is -0.950. The topological polar surface area (TPSA) is 56.7 Å². The maximum atomic E-state index is 5.72. The first-order valence-corrected chi connectivity index (χ1v) is 6.13. The lowest BCUT2D eigenvalue weighted by Crippen LogP contribution is -2.05. The van der Waals surface area contributed by atoms with Crippen molar-refractivity contribution < 1.29 is 0 Å². The van der Waals surface area contributed by atoms with E-state index in [9.17, 15) is 0 Å². The van der Waals surface area contributed by atoms with Crippen LogP contribution in [0.3, 0.4) is 0 Å². The molecule has 1 unspecified atom stereocenters. The summed E-state index contributed by atoms with van der Waals surface area (Å²) in [5, 5.41) is 8.06. The molecule has 2 aromatic rings. The van der Waals surface area contributed by atoms with Crippen molar-refractivity contribution in [2.75, 3.05) is 0 Å². The summed E-state index contributed by atoms with van der Waals surface area (Å²) < 4.78 is 3.04. The maximum absolute atomic E-state index is 5.72. The van der Waals surface area contributed by atoms with Crippen molar-refractivity contribution in [2.24, 2.45) is 5.73 Å². The second-order valence-corrected chi connectivity index (χ2v) is 5.00. The lowest BCUT2D eigenvalue weighted by Gasteiger charge is -2.01. The van der Waals surface area contributed by atoms with E-state index in [-0.39, 0.29) is 6.04 Å². The zero-order valence-electron chi connectivity index (χ0n) is 8.97. The van der Waals surface area contributed by atoms with Gasteiger partial charge in [0.05, 0.1) is 18.4 Å². The van der Waals surface area contributed by atoms with Crippen molar-refractivity contribution in [3.8, 4) is 0 Å². The lowest BCUT2D eigenvalue weighted by molar-refractivity contribution is 0.648. The number of rotatable bonds is 3. The lowest BCUT2D eigenvalue weighted by atomic mass is 10.2. The molecule has 0 saturated carbocycles. The van der Waals surface area contributed by atoms with Gasteiger partial charge >= 0.3 is 0 Å². The van der Waals surface area contributed by atoms with Crippen molar-refractivity contribution >= 4 is 22.6 Å². The van der Waals surface area contributed by atoms with E-state index in [1.165, 1.54) is 9.13 Å². The molecule has 0 fully saturated rings. The number of benzene rings is 1. The van der Waals surface area contributed by atoms with Gasteiger partial charge in [0.15, 0.2) is 0 Å². The van der Waals surface area contributed by atoms with Crippen LogP contribution in [-0.2, 0) is 6.54 Å². The van der Waals surface area contributed by atoms with Crippen LogP contribution < -0.4 is 5.73 Å². The fourth-order valence-electron chi connectivity index (χ4n) is 1.38. The molecule has 2 rings (SSSR count). The SMILES string of the molecule is CC(N)c1cn(Cc2ccc(I)cc2)nn1. The number of aromatic nitrogens is 3. The zero-order chi connectivity index (χ0) is 11.5. The highest BCUT2D eigenvalue weighted by atomic mass is 127. The summed E-state index contributed by atoms with van der Waals surface area (Å²) in [6, 6.07) is 8.29. The Labute approximate surface area is 108 Å². The molecule has 0 radical (unpaired) electrons. The zero-order valence-corrected chi connectivity index (χ0v) is 11.1. The molecule has 1 atom stereocenters. The van der Waals surface area contributed by atoms with E-state index in [1.807, 2.05) is 13.1 Å². The summed E-state index contributed by atoms with van der Waals surface area (Å²) in [6.07, 6.45) is 1.89. The second-order valence-electron chi connectivity index (χ2n) is 3.76. The summed E-state index contributed by atoms with van der Waals surface area (Å²) in [6.45, 7) is 2.63. The summed E-state index contributed by atoms with van der Waals surface area (Å²) in [7, 11) is 0. The second kappa shape index (κ2) is 4.92. The smallest absolute Gasteiger partial charge is 0.0991 e. The minimum Gasteiger partial charge on any atom is -0.323 e. The van der Waals surface area contributed by atoms with Crippen LogP contribution in [-0.4, -0.2) is 15.0 Å². The Morgan fingerprint density at radius 3 is 2.62 bits per heavy atom. The summed E-state index contributed by atoms with van der Waals surface area (Å²) >= 11 is 2.29. The Morgan fingerprint density at radius 2 is 2.06 bits per heavy atom. The standard InChI is InChI=1S/C11H13IN4/c1-8(13)11-7-16(15-14-11)6-9-2-4-10(12)5-3-9/h2-5,7-8H,6,13H2,1H3.